The van der Waals surface area contributed by atoms with E-state index >= 15 is 0 Å². The molecule has 1 aliphatic rings. The highest BCUT2D eigenvalue weighted by atomic mass is 16.6. The number of pyridine rings is 1. The Morgan fingerprint density at radius 1 is 1.38 bits per heavy atom. The molecule has 21 heavy (non-hydrogen) atoms. The van der Waals surface area contributed by atoms with Gasteiger partial charge >= 0.3 is 5.69 Å². The van der Waals surface area contributed by atoms with E-state index in [0.717, 1.165) is 0 Å². The topological polar surface area (TPSA) is 79.5 Å². The summed E-state index contributed by atoms with van der Waals surface area (Å²) in [6.07, 6.45) is 1.62. The van der Waals surface area contributed by atoms with Crippen LogP contribution in [0.5, 0.6) is 0 Å². The first-order valence-corrected chi connectivity index (χ1v) is 6.92. The van der Waals surface area contributed by atoms with Crippen molar-refractivity contribution >= 4 is 22.3 Å². The Morgan fingerprint density at radius 2 is 2.10 bits per heavy atom. The summed E-state index contributed by atoms with van der Waals surface area (Å²) >= 11 is 0. The van der Waals surface area contributed by atoms with Gasteiger partial charge in [-0.1, -0.05) is 13.8 Å². The molecule has 1 aliphatic heterocycles. The highest BCUT2D eigenvalue weighted by Crippen LogP contribution is 2.40. The Kier molecular flexibility index (Phi) is 3.06. The minimum atomic E-state index is -0.766. The molecule has 6 heteroatoms. The number of nitro groups is 1. The summed E-state index contributed by atoms with van der Waals surface area (Å²) in [4.78, 5) is 17.1. The van der Waals surface area contributed by atoms with E-state index in [1.54, 1.807) is 30.5 Å². The number of hydrogen-bond acceptors (Lipinski definition) is 5. The molecule has 2 aromatic rings. The molecule has 2 heterocycles. The summed E-state index contributed by atoms with van der Waals surface area (Å²) in [5.41, 5.74) is 0.447. The molecule has 0 radical (unpaired) electrons. The number of hydrogen-bond donors (Lipinski definition) is 1. The van der Waals surface area contributed by atoms with Gasteiger partial charge in [-0.2, -0.15) is 0 Å². The second kappa shape index (κ2) is 4.66. The van der Waals surface area contributed by atoms with Gasteiger partial charge in [-0.15, -0.1) is 0 Å². The van der Waals surface area contributed by atoms with Gasteiger partial charge in [-0.05, 0) is 30.2 Å². The highest BCUT2D eigenvalue weighted by Gasteiger charge is 2.45. The van der Waals surface area contributed by atoms with E-state index in [1.165, 1.54) is 0 Å². The average molecular weight is 287 g/mol. The summed E-state index contributed by atoms with van der Waals surface area (Å²) in [6.45, 7) is 4.74. The molecular weight excluding hydrogens is 270 g/mol. The molecule has 1 aromatic heterocycles. The fourth-order valence-electron chi connectivity index (χ4n) is 2.72. The minimum Gasteiger partial charge on any atom is -0.386 e. The van der Waals surface area contributed by atoms with Crippen molar-refractivity contribution in [1.82, 2.24) is 4.98 Å². The molecule has 0 amide bonds. The second-order valence-electron chi connectivity index (χ2n) is 5.87. The van der Waals surface area contributed by atoms with E-state index in [4.69, 9.17) is 0 Å². The molecule has 0 saturated carbocycles. The third-order valence-electron chi connectivity index (χ3n) is 4.26. The van der Waals surface area contributed by atoms with Gasteiger partial charge in [0.15, 0.2) is 0 Å². The van der Waals surface area contributed by atoms with Crippen molar-refractivity contribution in [1.29, 1.82) is 0 Å². The zero-order chi connectivity index (χ0) is 15.2. The van der Waals surface area contributed by atoms with Crippen LogP contribution in [0.25, 0.3) is 10.9 Å². The zero-order valence-corrected chi connectivity index (χ0v) is 12.0. The van der Waals surface area contributed by atoms with Crippen LogP contribution in [-0.4, -0.2) is 33.7 Å². The van der Waals surface area contributed by atoms with Gasteiger partial charge in [0.25, 0.3) is 0 Å². The Bertz CT molecular complexity index is 708. The van der Waals surface area contributed by atoms with Crippen LogP contribution in [0, 0.1) is 16.0 Å². The molecule has 1 fully saturated rings. The largest absolute Gasteiger partial charge is 0.386 e. The van der Waals surface area contributed by atoms with Crippen LogP contribution >= 0.6 is 0 Å². The molecule has 0 atom stereocenters. The van der Waals surface area contributed by atoms with E-state index in [-0.39, 0.29) is 16.5 Å². The van der Waals surface area contributed by atoms with Crippen LogP contribution in [0.4, 0.5) is 11.4 Å². The molecule has 1 N–H and O–H groups in total. The maximum absolute atomic E-state index is 11.5. The molecule has 1 aromatic carbocycles. The van der Waals surface area contributed by atoms with Gasteiger partial charge in [0, 0.05) is 19.3 Å². The number of aromatic nitrogens is 1. The summed E-state index contributed by atoms with van der Waals surface area (Å²) < 4.78 is 0. The number of nitro benzene ring substituents is 1. The number of aliphatic hydroxyl groups is 1. The van der Waals surface area contributed by atoms with Gasteiger partial charge in [-0.3, -0.25) is 15.1 Å². The smallest absolute Gasteiger partial charge is 0.301 e. The van der Waals surface area contributed by atoms with E-state index in [9.17, 15) is 15.2 Å². The molecule has 1 saturated heterocycles. The van der Waals surface area contributed by atoms with Gasteiger partial charge in [-0.25, -0.2) is 0 Å². The maximum atomic E-state index is 11.5. The van der Waals surface area contributed by atoms with Crippen LogP contribution in [0.15, 0.2) is 30.5 Å². The Morgan fingerprint density at radius 3 is 2.71 bits per heavy atom. The lowest BCUT2D eigenvalue weighted by atomic mass is 9.82. The second-order valence-corrected chi connectivity index (χ2v) is 5.87. The number of nitrogens with zero attached hydrogens (tertiary/aromatic N) is 3. The molecule has 0 aliphatic carbocycles. The lowest BCUT2D eigenvalue weighted by Gasteiger charge is -2.50. The molecule has 0 unspecified atom stereocenters. The number of benzene rings is 1. The molecular formula is C15H17N3O3. The third kappa shape index (κ3) is 2.12. The Labute approximate surface area is 122 Å². The first-order valence-electron chi connectivity index (χ1n) is 6.92. The van der Waals surface area contributed by atoms with Crippen molar-refractivity contribution in [2.75, 3.05) is 18.0 Å². The predicted molar refractivity (Wildman–Crippen MR) is 80.4 cm³/mol. The monoisotopic (exact) mass is 287 g/mol. The SMILES string of the molecule is CC(C)C1(O)CN(c2ccc3ncccc3c2[N+](=O)[O-])C1. The van der Waals surface area contributed by atoms with Crippen LogP contribution in [0.3, 0.4) is 0 Å². The molecule has 0 spiro atoms. The standard InChI is InChI=1S/C15H17N3O3/c1-10(2)15(19)8-17(9-15)13-6-5-12-11(4-3-7-16-12)14(13)18(20)21/h3-7,10,19H,8-9H2,1-2H3. The van der Waals surface area contributed by atoms with Crippen molar-refractivity contribution in [2.45, 2.75) is 19.4 Å². The third-order valence-corrected chi connectivity index (χ3v) is 4.26. The molecule has 110 valence electrons. The first-order chi connectivity index (χ1) is 9.92. The molecule has 3 rings (SSSR count). The molecule has 6 nitrogen and oxygen atoms in total. The predicted octanol–water partition coefficient (Wildman–Crippen LogP) is 2.35. The van der Waals surface area contributed by atoms with Crippen LogP contribution < -0.4 is 4.90 Å². The normalized spacial score (nSPS) is 17.0. The summed E-state index contributed by atoms with van der Waals surface area (Å²) in [5.74, 6) is 0.120. The fourth-order valence-corrected chi connectivity index (χ4v) is 2.72. The number of anilines is 1. The van der Waals surface area contributed by atoms with E-state index in [1.807, 2.05) is 18.7 Å². The van der Waals surface area contributed by atoms with Gasteiger partial charge in [0.05, 0.1) is 15.8 Å². The van der Waals surface area contributed by atoms with E-state index < -0.39 is 5.60 Å². The summed E-state index contributed by atoms with van der Waals surface area (Å²) in [5, 5.41) is 22.3. The van der Waals surface area contributed by atoms with Crippen molar-refractivity contribution in [3.05, 3.63) is 40.6 Å². The average Bonchev–Trinajstić information content (AvgIpc) is 2.42. The van der Waals surface area contributed by atoms with Crippen molar-refractivity contribution < 1.29 is 10.0 Å². The minimum absolute atomic E-state index is 0.0615. The van der Waals surface area contributed by atoms with E-state index in [2.05, 4.69) is 4.98 Å². The van der Waals surface area contributed by atoms with Crippen LogP contribution in [0.1, 0.15) is 13.8 Å². The fraction of sp³-hybridized carbons (Fsp3) is 0.400. The number of rotatable bonds is 3. The maximum Gasteiger partial charge on any atom is 0.301 e. The lowest BCUT2D eigenvalue weighted by Crippen LogP contribution is -2.64. The number of fused-ring (bicyclic) bond motifs is 1. The first kappa shape index (κ1) is 13.8. The van der Waals surface area contributed by atoms with Crippen molar-refractivity contribution in [2.24, 2.45) is 5.92 Å². The quantitative estimate of drug-likeness (QED) is 0.692. The van der Waals surface area contributed by atoms with Gasteiger partial charge < -0.3 is 10.0 Å². The highest BCUT2D eigenvalue weighted by molar-refractivity contribution is 5.94. The zero-order valence-electron chi connectivity index (χ0n) is 12.0. The lowest BCUT2D eigenvalue weighted by molar-refractivity contribution is -0.382. The van der Waals surface area contributed by atoms with Crippen LogP contribution in [0.2, 0.25) is 0 Å². The van der Waals surface area contributed by atoms with Crippen molar-refractivity contribution in [3.63, 3.8) is 0 Å². The van der Waals surface area contributed by atoms with Gasteiger partial charge in [0.2, 0.25) is 0 Å². The number of β-amino-alcohol motifs (C(OH)–C–C–N with tert-alkyl or cyclic N) is 1. The van der Waals surface area contributed by atoms with E-state index in [0.29, 0.717) is 29.7 Å². The summed E-state index contributed by atoms with van der Waals surface area (Å²) in [7, 11) is 0. The Hall–Kier alpha value is -2.21. The van der Waals surface area contributed by atoms with Crippen LogP contribution in [-0.2, 0) is 0 Å². The van der Waals surface area contributed by atoms with Gasteiger partial charge in [0.1, 0.15) is 11.3 Å². The van der Waals surface area contributed by atoms with Crippen molar-refractivity contribution in [3.8, 4) is 0 Å². The Balaban J connectivity index is 2.04. The summed E-state index contributed by atoms with van der Waals surface area (Å²) in [6, 6.07) is 6.90. The molecule has 0 bridgehead atoms.